The third-order valence-electron chi connectivity index (χ3n) is 3.75. The number of thioether (sulfide) groups is 1. The lowest BCUT2D eigenvalue weighted by atomic mass is 10.1. The minimum absolute atomic E-state index is 0.0526. The second-order valence-electron chi connectivity index (χ2n) is 5.46. The molecule has 9 heteroatoms. The Hall–Kier alpha value is -1.13. The number of anilines is 1. The van der Waals surface area contributed by atoms with Gasteiger partial charge in [0.15, 0.2) is 0 Å². The average molecular weight is 358 g/mol. The summed E-state index contributed by atoms with van der Waals surface area (Å²) in [6.45, 7) is 0.555. The first kappa shape index (κ1) is 16.7. The Morgan fingerprint density at radius 1 is 1.39 bits per heavy atom. The highest BCUT2D eigenvalue weighted by Gasteiger charge is 2.29. The Bertz CT molecular complexity index is 707. The molecule has 3 N–H and O–H groups in total. The van der Waals surface area contributed by atoms with Crippen LogP contribution in [0.25, 0.3) is 0 Å². The first-order valence-corrected chi connectivity index (χ1v) is 9.77. The molecule has 0 aliphatic carbocycles. The van der Waals surface area contributed by atoms with E-state index < -0.39 is 22.2 Å². The summed E-state index contributed by atoms with van der Waals surface area (Å²) in [5.74, 6) is 0.532. The third kappa shape index (κ3) is 3.86. The largest absolute Gasteiger partial charge is 0.391 e. The molecule has 23 heavy (non-hydrogen) atoms. The van der Waals surface area contributed by atoms with Crippen molar-refractivity contribution in [3.05, 3.63) is 18.2 Å². The van der Waals surface area contributed by atoms with Gasteiger partial charge in [0.1, 0.15) is 0 Å². The van der Waals surface area contributed by atoms with Gasteiger partial charge >= 0.3 is 0 Å². The fraction of sp³-hybridized carbons (Fsp3) is 0.500. The molecule has 3 rings (SSSR count). The predicted molar refractivity (Wildman–Crippen MR) is 86.0 cm³/mol. The number of nitrogens with one attached hydrogen (secondary N) is 2. The van der Waals surface area contributed by atoms with Gasteiger partial charge in [0.25, 0.3) is 0 Å². The number of sulfonamides is 1. The molecule has 126 valence electrons. The molecule has 1 aromatic carbocycles. The zero-order valence-corrected chi connectivity index (χ0v) is 14.0. The smallest absolute Gasteiger partial charge is 0.241 e. The van der Waals surface area contributed by atoms with Crippen LogP contribution in [-0.4, -0.2) is 50.5 Å². The number of rotatable bonds is 3. The van der Waals surface area contributed by atoms with Crippen molar-refractivity contribution in [2.75, 3.05) is 24.3 Å². The number of hydrogen-bond donors (Lipinski definition) is 3. The van der Waals surface area contributed by atoms with Crippen molar-refractivity contribution >= 4 is 33.4 Å². The summed E-state index contributed by atoms with van der Waals surface area (Å²) in [5, 5.41) is 12.6. The first-order valence-electron chi connectivity index (χ1n) is 7.30. The highest BCUT2D eigenvalue weighted by Crippen LogP contribution is 2.32. The van der Waals surface area contributed by atoms with Gasteiger partial charge in [-0.1, -0.05) is 0 Å². The summed E-state index contributed by atoms with van der Waals surface area (Å²) in [6.07, 6.45) is 0.0182. The lowest BCUT2D eigenvalue weighted by molar-refractivity contribution is -0.115. The van der Waals surface area contributed by atoms with Gasteiger partial charge in [-0.25, -0.2) is 13.1 Å². The number of aliphatic hydroxyl groups is 1. The summed E-state index contributed by atoms with van der Waals surface area (Å²) in [5.41, 5.74) is 0.501. The van der Waals surface area contributed by atoms with Crippen LogP contribution >= 0.6 is 11.8 Å². The summed E-state index contributed by atoms with van der Waals surface area (Å²) in [4.78, 5) is 12.5. The Labute approximate surface area is 138 Å². The molecule has 2 aliphatic heterocycles. The highest BCUT2D eigenvalue weighted by atomic mass is 32.2. The number of ether oxygens (including phenoxy) is 1. The first-order chi connectivity index (χ1) is 11.0. The van der Waals surface area contributed by atoms with Crippen LogP contribution in [0.3, 0.4) is 0 Å². The summed E-state index contributed by atoms with van der Waals surface area (Å²) >= 11 is 1.51. The van der Waals surface area contributed by atoms with Crippen LogP contribution in [-0.2, 0) is 19.6 Å². The average Bonchev–Trinajstić information content (AvgIpc) is 2.69. The molecule has 0 bridgehead atoms. The minimum Gasteiger partial charge on any atom is -0.391 e. The second-order valence-corrected chi connectivity index (χ2v) is 8.31. The molecule has 1 saturated heterocycles. The lowest BCUT2D eigenvalue weighted by Crippen LogP contribution is -2.49. The van der Waals surface area contributed by atoms with Crippen LogP contribution in [0.15, 0.2) is 28.0 Å². The number of carbonyl (C=O) groups is 1. The van der Waals surface area contributed by atoms with Crippen LogP contribution in [0.4, 0.5) is 5.69 Å². The standard InChI is InChI=1S/C14H18N2O5S2/c17-12-3-5-21-8-11(12)16-23(19,20)9-1-2-13-10(7-9)15-14(18)4-6-22-13/h1-2,7,11-12,16-17H,3-6,8H2,(H,15,18)/t11-,12-/m1/s1. The van der Waals surface area contributed by atoms with Gasteiger partial charge in [-0.3, -0.25) is 4.79 Å². The molecule has 1 fully saturated rings. The van der Waals surface area contributed by atoms with E-state index in [-0.39, 0.29) is 17.4 Å². The second kappa shape index (κ2) is 6.78. The molecular formula is C14H18N2O5S2. The minimum atomic E-state index is -3.81. The highest BCUT2D eigenvalue weighted by molar-refractivity contribution is 7.99. The number of carbonyl (C=O) groups excluding carboxylic acids is 1. The van der Waals surface area contributed by atoms with Gasteiger partial charge in [-0.15, -0.1) is 11.8 Å². The maximum absolute atomic E-state index is 12.5. The van der Waals surface area contributed by atoms with E-state index in [0.717, 1.165) is 4.90 Å². The summed E-state index contributed by atoms with van der Waals surface area (Å²) in [6, 6.07) is 3.97. The fourth-order valence-corrected chi connectivity index (χ4v) is 4.69. The van der Waals surface area contributed by atoms with Gasteiger partial charge in [-0.05, 0) is 24.6 Å². The molecule has 0 saturated carbocycles. The third-order valence-corrected chi connectivity index (χ3v) is 6.31. The van der Waals surface area contributed by atoms with Crippen molar-refractivity contribution in [1.82, 2.24) is 4.72 Å². The molecular weight excluding hydrogens is 340 g/mol. The molecule has 0 aromatic heterocycles. The monoisotopic (exact) mass is 358 g/mol. The van der Waals surface area contributed by atoms with Crippen molar-refractivity contribution in [2.45, 2.75) is 34.8 Å². The van der Waals surface area contributed by atoms with E-state index in [1.54, 1.807) is 6.07 Å². The van der Waals surface area contributed by atoms with Crippen LogP contribution in [0, 0.1) is 0 Å². The molecule has 2 heterocycles. The molecule has 1 aromatic rings. The molecule has 7 nitrogen and oxygen atoms in total. The molecule has 0 unspecified atom stereocenters. The maximum Gasteiger partial charge on any atom is 0.241 e. The molecule has 2 aliphatic rings. The van der Waals surface area contributed by atoms with E-state index in [1.165, 1.54) is 23.9 Å². The quantitative estimate of drug-likeness (QED) is 0.729. The zero-order chi connectivity index (χ0) is 16.4. The Morgan fingerprint density at radius 3 is 3.00 bits per heavy atom. The number of benzene rings is 1. The lowest BCUT2D eigenvalue weighted by Gasteiger charge is -2.28. The van der Waals surface area contributed by atoms with Gasteiger partial charge in [0, 0.05) is 23.7 Å². The van der Waals surface area contributed by atoms with Gasteiger partial charge < -0.3 is 15.2 Å². The maximum atomic E-state index is 12.5. The Kier molecular flexibility index (Phi) is 4.93. The zero-order valence-electron chi connectivity index (χ0n) is 12.3. The van der Waals surface area contributed by atoms with E-state index in [9.17, 15) is 18.3 Å². The van der Waals surface area contributed by atoms with Gasteiger partial charge in [0.2, 0.25) is 15.9 Å². The van der Waals surface area contributed by atoms with E-state index in [1.807, 2.05) is 0 Å². The number of amides is 1. The van der Waals surface area contributed by atoms with Crippen LogP contribution in [0.1, 0.15) is 12.8 Å². The van der Waals surface area contributed by atoms with E-state index in [2.05, 4.69) is 10.0 Å². The van der Waals surface area contributed by atoms with Crippen molar-refractivity contribution in [3.63, 3.8) is 0 Å². The van der Waals surface area contributed by atoms with Crippen molar-refractivity contribution in [2.24, 2.45) is 0 Å². The molecule has 0 spiro atoms. The summed E-state index contributed by atoms with van der Waals surface area (Å²) < 4.78 is 32.7. The van der Waals surface area contributed by atoms with Crippen LogP contribution in [0.5, 0.6) is 0 Å². The van der Waals surface area contributed by atoms with Gasteiger partial charge in [0.05, 0.1) is 29.3 Å². The van der Waals surface area contributed by atoms with Crippen LogP contribution < -0.4 is 10.0 Å². The SMILES string of the molecule is O=C1CCSc2ccc(S(=O)(=O)N[C@@H]3COCC[C@H]3O)cc2N1. The number of aliphatic hydroxyl groups excluding tert-OH is 1. The fourth-order valence-electron chi connectivity index (χ4n) is 2.47. The van der Waals surface area contributed by atoms with E-state index in [0.29, 0.717) is 30.9 Å². The summed E-state index contributed by atoms with van der Waals surface area (Å²) in [7, 11) is -3.81. The normalized spacial score (nSPS) is 25.3. The Morgan fingerprint density at radius 2 is 2.22 bits per heavy atom. The van der Waals surface area contributed by atoms with E-state index >= 15 is 0 Å². The van der Waals surface area contributed by atoms with Crippen molar-refractivity contribution in [3.8, 4) is 0 Å². The predicted octanol–water partition coefficient (Wildman–Crippen LogP) is 0.549. The van der Waals surface area contributed by atoms with Crippen LogP contribution in [0.2, 0.25) is 0 Å². The molecule has 1 amide bonds. The van der Waals surface area contributed by atoms with E-state index in [4.69, 9.17) is 4.74 Å². The Balaban J connectivity index is 1.84. The molecule has 0 radical (unpaired) electrons. The molecule has 2 atom stereocenters. The topological polar surface area (TPSA) is 105 Å². The van der Waals surface area contributed by atoms with Crippen molar-refractivity contribution in [1.29, 1.82) is 0 Å². The number of hydrogen-bond acceptors (Lipinski definition) is 6. The van der Waals surface area contributed by atoms with Crippen molar-refractivity contribution < 1.29 is 23.1 Å². The number of fused-ring (bicyclic) bond motifs is 1. The van der Waals surface area contributed by atoms with Gasteiger partial charge in [-0.2, -0.15) is 0 Å².